The maximum atomic E-state index is 11.6. The molecule has 0 bridgehead atoms. The summed E-state index contributed by atoms with van der Waals surface area (Å²) in [7, 11) is 3.30. The molecule has 4 heteroatoms. The van der Waals surface area contributed by atoms with Gasteiger partial charge in [0, 0.05) is 17.8 Å². The fourth-order valence-corrected chi connectivity index (χ4v) is 1.33. The molecule has 4 nitrogen and oxygen atoms in total. The van der Waals surface area contributed by atoms with Crippen molar-refractivity contribution in [1.82, 2.24) is 5.32 Å². The Hall–Kier alpha value is -1.55. The van der Waals surface area contributed by atoms with Gasteiger partial charge in [-0.05, 0) is 33.0 Å². The van der Waals surface area contributed by atoms with Crippen LogP contribution in [0, 0.1) is 0 Å². The molecule has 0 atom stereocenters. The zero-order valence-electron chi connectivity index (χ0n) is 10.8. The molecule has 94 valence electrons. The van der Waals surface area contributed by atoms with E-state index >= 15 is 0 Å². The molecule has 1 aromatic rings. The normalized spacial score (nSPS) is 11.1. The Balaban J connectivity index is 2.81. The molecule has 0 heterocycles. The highest BCUT2D eigenvalue weighted by molar-refractivity contribution is 5.95. The number of hydrogen-bond acceptors (Lipinski definition) is 4. The number of para-hydroxylation sites is 1. The fourth-order valence-electron chi connectivity index (χ4n) is 1.33. The topological polar surface area (TPSA) is 50.4 Å². The highest BCUT2D eigenvalue weighted by Gasteiger charge is 2.16. The van der Waals surface area contributed by atoms with Crippen LogP contribution in [0.4, 0.5) is 5.69 Å². The quantitative estimate of drug-likeness (QED) is 0.766. The van der Waals surface area contributed by atoms with Crippen LogP contribution in [0.15, 0.2) is 24.3 Å². The number of rotatable bonds is 5. The third kappa shape index (κ3) is 3.75. The summed E-state index contributed by atoms with van der Waals surface area (Å²) in [6, 6.07) is 7.33. The van der Waals surface area contributed by atoms with Crippen molar-refractivity contribution < 1.29 is 9.53 Å². The minimum atomic E-state index is -0.324. The number of methoxy groups -OCH3 is 1. The first-order chi connectivity index (χ1) is 8.00. The van der Waals surface area contributed by atoms with E-state index in [-0.39, 0.29) is 11.5 Å². The van der Waals surface area contributed by atoms with Gasteiger partial charge in [0.1, 0.15) is 0 Å². The number of nitrogens with one attached hydrogen (secondary N) is 2. The summed E-state index contributed by atoms with van der Waals surface area (Å²) in [6.45, 7) is 4.89. The molecule has 0 saturated carbocycles. The number of ether oxygens (including phenoxy) is 1. The molecule has 0 aromatic heterocycles. The lowest BCUT2D eigenvalue weighted by atomic mass is 10.1. The summed E-state index contributed by atoms with van der Waals surface area (Å²) >= 11 is 0. The molecule has 17 heavy (non-hydrogen) atoms. The van der Waals surface area contributed by atoms with E-state index in [4.69, 9.17) is 4.74 Å². The van der Waals surface area contributed by atoms with E-state index < -0.39 is 0 Å². The second kappa shape index (κ2) is 5.68. The van der Waals surface area contributed by atoms with Crippen molar-refractivity contribution in [3.05, 3.63) is 29.8 Å². The van der Waals surface area contributed by atoms with Crippen molar-refractivity contribution in [3.8, 4) is 0 Å². The number of carbonyl (C=O) groups excluding carboxylic acids is 1. The summed E-state index contributed by atoms with van der Waals surface area (Å²) in [6.07, 6.45) is 0. The van der Waals surface area contributed by atoms with Crippen LogP contribution in [0.2, 0.25) is 0 Å². The summed E-state index contributed by atoms with van der Waals surface area (Å²) in [5.74, 6) is -0.324. The summed E-state index contributed by atoms with van der Waals surface area (Å²) < 4.78 is 4.74. The van der Waals surface area contributed by atoms with Gasteiger partial charge in [-0.25, -0.2) is 4.79 Å². The maximum absolute atomic E-state index is 11.6. The SMILES string of the molecule is CNC(C)(C)CNc1ccccc1C(=O)OC. The fraction of sp³-hybridized carbons (Fsp3) is 0.462. The summed E-state index contributed by atoms with van der Waals surface area (Å²) in [4.78, 5) is 11.6. The first-order valence-corrected chi connectivity index (χ1v) is 5.60. The highest BCUT2D eigenvalue weighted by atomic mass is 16.5. The lowest BCUT2D eigenvalue weighted by molar-refractivity contribution is 0.0602. The monoisotopic (exact) mass is 236 g/mol. The van der Waals surface area contributed by atoms with Crippen molar-refractivity contribution in [2.45, 2.75) is 19.4 Å². The second-order valence-electron chi connectivity index (χ2n) is 4.52. The number of benzene rings is 1. The zero-order chi connectivity index (χ0) is 12.9. The highest BCUT2D eigenvalue weighted by Crippen LogP contribution is 2.17. The molecule has 0 aliphatic carbocycles. The number of anilines is 1. The van der Waals surface area contributed by atoms with E-state index in [1.54, 1.807) is 6.07 Å². The van der Waals surface area contributed by atoms with Crippen molar-refractivity contribution in [2.24, 2.45) is 0 Å². The van der Waals surface area contributed by atoms with E-state index in [1.165, 1.54) is 7.11 Å². The average molecular weight is 236 g/mol. The van der Waals surface area contributed by atoms with E-state index in [9.17, 15) is 4.79 Å². The van der Waals surface area contributed by atoms with Gasteiger partial charge >= 0.3 is 5.97 Å². The number of likely N-dealkylation sites (N-methyl/N-ethyl adjacent to an activating group) is 1. The molecule has 1 aromatic carbocycles. The Bertz CT molecular complexity index is 389. The molecule has 1 rings (SSSR count). The molecule has 0 aliphatic rings. The van der Waals surface area contributed by atoms with Gasteiger partial charge in [0.2, 0.25) is 0 Å². The van der Waals surface area contributed by atoms with Gasteiger partial charge in [-0.1, -0.05) is 12.1 Å². The Morgan fingerprint density at radius 2 is 2.00 bits per heavy atom. The first kappa shape index (κ1) is 13.5. The molecular formula is C13H20N2O2. The van der Waals surface area contributed by atoms with E-state index in [1.807, 2.05) is 25.2 Å². The van der Waals surface area contributed by atoms with Gasteiger partial charge < -0.3 is 15.4 Å². The van der Waals surface area contributed by atoms with Crippen LogP contribution < -0.4 is 10.6 Å². The molecule has 0 saturated heterocycles. The molecule has 0 spiro atoms. The standard InChI is InChI=1S/C13H20N2O2/c1-13(2,14-3)9-15-11-8-6-5-7-10(11)12(16)17-4/h5-8,14-15H,9H2,1-4H3. The summed E-state index contributed by atoms with van der Waals surface area (Å²) in [5, 5.41) is 6.45. The zero-order valence-corrected chi connectivity index (χ0v) is 10.8. The summed E-state index contributed by atoms with van der Waals surface area (Å²) in [5.41, 5.74) is 1.31. The van der Waals surface area contributed by atoms with Gasteiger partial charge in [0.05, 0.1) is 12.7 Å². The lowest BCUT2D eigenvalue weighted by Gasteiger charge is -2.25. The predicted molar refractivity (Wildman–Crippen MR) is 69.4 cm³/mol. The van der Waals surface area contributed by atoms with E-state index in [2.05, 4.69) is 24.5 Å². The van der Waals surface area contributed by atoms with E-state index in [0.29, 0.717) is 5.56 Å². The molecule has 2 N–H and O–H groups in total. The Morgan fingerprint density at radius 1 is 1.35 bits per heavy atom. The molecule has 0 fully saturated rings. The Kier molecular flexibility index (Phi) is 4.52. The predicted octanol–water partition coefficient (Wildman–Crippen LogP) is 1.88. The third-order valence-corrected chi connectivity index (χ3v) is 2.73. The van der Waals surface area contributed by atoms with Gasteiger partial charge in [-0.2, -0.15) is 0 Å². The van der Waals surface area contributed by atoms with Crippen molar-refractivity contribution >= 4 is 11.7 Å². The van der Waals surface area contributed by atoms with Crippen molar-refractivity contribution in [2.75, 3.05) is 26.0 Å². The van der Waals surface area contributed by atoms with Gasteiger partial charge in [-0.15, -0.1) is 0 Å². The maximum Gasteiger partial charge on any atom is 0.339 e. The van der Waals surface area contributed by atoms with Crippen LogP contribution in [-0.2, 0) is 4.74 Å². The number of hydrogen-bond donors (Lipinski definition) is 2. The molecule has 0 radical (unpaired) electrons. The molecule has 0 amide bonds. The first-order valence-electron chi connectivity index (χ1n) is 5.60. The minimum absolute atomic E-state index is 0.0385. The van der Waals surface area contributed by atoms with Crippen LogP contribution >= 0.6 is 0 Å². The lowest BCUT2D eigenvalue weighted by Crippen LogP contribution is -2.42. The number of carbonyl (C=O) groups is 1. The minimum Gasteiger partial charge on any atom is -0.465 e. The van der Waals surface area contributed by atoms with Crippen LogP contribution in [0.3, 0.4) is 0 Å². The Labute approximate surface area is 102 Å². The number of esters is 1. The molecule has 0 unspecified atom stereocenters. The largest absolute Gasteiger partial charge is 0.465 e. The van der Waals surface area contributed by atoms with Crippen molar-refractivity contribution in [3.63, 3.8) is 0 Å². The molecule has 0 aliphatic heterocycles. The van der Waals surface area contributed by atoms with E-state index in [0.717, 1.165) is 12.2 Å². The smallest absolute Gasteiger partial charge is 0.339 e. The van der Waals surface area contributed by atoms with Crippen LogP contribution in [0.5, 0.6) is 0 Å². The van der Waals surface area contributed by atoms with Gasteiger partial charge in [0.25, 0.3) is 0 Å². The van der Waals surface area contributed by atoms with Gasteiger partial charge in [0.15, 0.2) is 0 Å². The average Bonchev–Trinajstić information content (AvgIpc) is 2.36. The van der Waals surface area contributed by atoms with Crippen LogP contribution in [0.1, 0.15) is 24.2 Å². The van der Waals surface area contributed by atoms with Crippen molar-refractivity contribution in [1.29, 1.82) is 0 Å². The third-order valence-electron chi connectivity index (χ3n) is 2.73. The second-order valence-corrected chi connectivity index (χ2v) is 4.52. The Morgan fingerprint density at radius 3 is 2.59 bits per heavy atom. The van der Waals surface area contributed by atoms with Crippen LogP contribution in [0.25, 0.3) is 0 Å². The van der Waals surface area contributed by atoms with Gasteiger partial charge in [-0.3, -0.25) is 0 Å². The molecular weight excluding hydrogens is 216 g/mol. The van der Waals surface area contributed by atoms with Crippen LogP contribution in [-0.4, -0.2) is 32.2 Å².